The van der Waals surface area contributed by atoms with Crippen LogP contribution < -0.4 is 10.9 Å². The zero-order valence-electron chi connectivity index (χ0n) is 9.24. The van der Waals surface area contributed by atoms with Crippen molar-refractivity contribution in [1.29, 1.82) is 0 Å². The van der Waals surface area contributed by atoms with Crippen molar-refractivity contribution < 1.29 is 9.59 Å². The van der Waals surface area contributed by atoms with E-state index in [1.165, 1.54) is 18.3 Å². The molecule has 0 aliphatic rings. The highest BCUT2D eigenvalue weighted by Gasteiger charge is 2.10. The summed E-state index contributed by atoms with van der Waals surface area (Å²) >= 11 is 0. The molecule has 0 saturated heterocycles. The van der Waals surface area contributed by atoms with E-state index in [1.807, 2.05) is 0 Å². The molecule has 1 rings (SSSR count). The zero-order chi connectivity index (χ0) is 12.1. The van der Waals surface area contributed by atoms with Gasteiger partial charge in [0.1, 0.15) is 0 Å². The van der Waals surface area contributed by atoms with Gasteiger partial charge in [0.05, 0.1) is 6.54 Å². The number of aromatic amines is 1. The molecular weight excluding hydrogens is 208 g/mol. The third-order valence-electron chi connectivity index (χ3n) is 2.10. The number of carbonyl (C=O) groups is 2. The van der Waals surface area contributed by atoms with Gasteiger partial charge in [0.2, 0.25) is 5.56 Å². The Morgan fingerprint density at radius 1 is 1.44 bits per heavy atom. The van der Waals surface area contributed by atoms with Crippen LogP contribution in [0.3, 0.4) is 0 Å². The van der Waals surface area contributed by atoms with Gasteiger partial charge >= 0.3 is 0 Å². The molecule has 86 valence electrons. The minimum absolute atomic E-state index is 0.0106. The summed E-state index contributed by atoms with van der Waals surface area (Å²) in [6.45, 7) is 3.52. The highest BCUT2D eigenvalue weighted by molar-refractivity contribution is 5.96. The summed E-state index contributed by atoms with van der Waals surface area (Å²) in [5, 5.41) is 2.47. The SMILES string of the molecule is CC(C)C(=O)CNC(=O)c1cc[nH]c(=O)c1. The number of hydrogen-bond donors (Lipinski definition) is 2. The van der Waals surface area contributed by atoms with E-state index >= 15 is 0 Å². The van der Waals surface area contributed by atoms with Crippen molar-refractivity contribution in [1.82, 2.24) is 10.3 Å². The maximum absolute atomic E-state index is 11.5. The summed E-state index contributed by atoms with van der Waals surface area (Å²) in [4.78, 5) is 36.1. The summed E-state index contributed by atoms with van der Waals surface area (Å²) in [5.41, 5.74) is -0.0943. The number of ketones is 1. The van der Waals surface area contributed by atoms with Crippen LogP contribution in [-0.2, 0) is 4.79 Å². The Labute approximate surface area is 92.9 Å². The fraction of sp³-hybridized carbons (Fsp3) is 0.364. The molecule has 0 spiro atoms. The molecule has 0 saturated carbocycles. The van der Waals surface area contributed by atoms with Crippen LogP contribution in [0.1, 0.15) is 24.2 Å². The molecule has 5 heteroatoms. The number of aromatic nitrogens is 1. The summed E-state index contributed by atoms with van der Waals surface area (Å²) < 4.78 is 0. The van der Waals surface area contributed by atoms with E-state index in [0.717, 1.165) is 0 Å². The second-order valence-corrected chi connectivity index (χ2v) is 3.75. The molecule has 2 N–H and O–H groups in total. The molecule has 0 aromatic carbocycles. The lowest BCUT2D eigenvalue weighted by atomic mass is 10.1. The van der Waals surface area contributed by atoms with E-state index in [1.54, 1.807) is 13.8 Å². The first-order valence-electron chi connectivity index (χ1n) is 5.00. The fourth-order valence-corrected chi connectivity index (χ4v) is 1.06. The Morgan fingerprint density at radius 3 is 2.69 bits per heavy atom. The number of amides is 1. The molecule has 0 fully saturated rings. The third kappa shape index (κ3) is 3.34. The number of Topliss-reactive ketones (excluding diaryl/α,β-unsaturated/α-hetero) is 1. The van der Waals surface area contributed by atoms with E-state index in [2.05, 4.69) is 10.3 Å². The van der Waals surface area contributed by atoms with Crippen molar-refractivity contribution in [2.45, 2.75) is 13.8 Å². The molecule has 1 amide bonds. The van der Waals surface area contributed by atoms with Crippen molar-refractivity contribution in [3.8, 4) is 0 Å². The average molecular weight is 222 g/mol. The van der Waals surface area contributed by atoms with Crippen LogP contribution in [-0.4, -0.2) is 23.2 Å². The van der Waals surface area contributed by atoms with Crippen molar-refractivity contribution in [3.05, 3.63) is 34.2 Å². The van der Waals surface area contributed by atoms with E-state index < -0.39 is 5.91 Å². The number of hydrogen-bond acceptors (Lipinski definition) is 3. The molecule has 1 heterocycles. The molecule has 0 aliphatic carbocycles. The first-order chi connectivity index (χ1) is 7.50. The van der Waals surface area contributed by atoms with Gasteiger partial charge in [-0.2, -0.15) is 0 Å². The maximum atomic E-state index is 11.5. The Bertz CT molecular complexity index is 449. The van der Waals surface area contributed by atoms with Crippen LogP contribution in [0.5, 0.6) is 0 Å². The molecule has 0 atom stereocenters. The lowest BCUT2D eigenvalue weighted by Gasteiger charge is -2.06. The normalized spacial score (nSPS) is 10.2. The molecular formula is C11H14N2O3. The minimum Gasteiger partial charge on any atom is -0.345 e. The smallest absolute Gasteiger partial charge is 0.251 e. The largest absolute Gasteiger partial charge is 0.345 e. The monoisotopic (exact) mass is 222 g/mol. The van der Waals surface area contributed by atoms with Gasteiger partial charge in [-0.25, -0.2) is 0 Å². The van der Waals surface area contributed by atoms with Gasteiger partial charge in [-0.1, -0.05) is 13.8 Å². The molecule has 0 radical (unpaired) electrons. The van der Waals surface area contributed by atoms with Crippen LogP contribution in [0.25, 0.3) is 0 Å². The van der Waals surface area contributed by atoms with Crippen LogP contribution in [0.2, 0.25) is 0 Å². The highest BCUT2D eigenvalue weighted by Crippen LogP contribution is 1.95. The van der Waals surface area contributed by atoms with E-state index in [4.69, 9.17) is 0 Å². The van der Waals surface area contributed by atoms with Gasteiger partial charge in [-0.3, -0.25) is 14.4 Å². The predicted octanol–water partition coefficient (Wildman–Crippen LogP) is 0.330. The van der Waals surface area contributed by atoms with Gasteiger partial charge in [0, 0.05) is 23.7 Å². The van der Waals surface area contributed by atoms with E-state index in [-0.39, 0.29) is 29.4 Å². The number of carbonyl (C=O) groups excluding carboxylic acids is 2. The van der Waals surface area contributed by atoms with E-state index in [9.17, 15) is 14.4 Å². The van der Waals surface area contributed by atoms with Crippen molar-refractivity contribution in [3.63, 3.8) is 0 Å². The fourth-order valence-electron chi connectivity index (χ4n) is 1.06. The van der Waals surface area contributed by atoms with E-state index in [0.29, 0.717) is 0 Å². The molecule has 0 unspecified atom stereocenters. The van der Waals surface area contributed by atoms with Crippen LogP contribution in [0.15, 0.2) is 23.1 Å². The minimum atomic E-state index is -0.417. The summed E-state index contributed by atoms with van der Waals surface area (Å²) in [6.07, 6.45) is 1.39. The summed E-state index contributed by atoms with van der Waals surface area (Å²) in [6, 6.07) is 2.67. The van der Waals surface area contributed by atoms with Gasteiger partial charge in [0.15, 0.2) is 5.78 Å². The van der Waals surface area contributed by atoms with Gasteiger partial charge in [0.25, 0.3) is 5.91 Å². The second kappa shape index (κ2) is 5.25. The van der Waals surface area contributed by atoms with Crippen LogP contribution in [0.4, 0.5) is 0 Å². The lowest BCUT2D eigenvalue weighted by molar-refractivity contribution is -0.120. The van der Waals surface area contributed by atoms with Gasteiger partial charge < -0.3 is 10.3 Å². The Kier molecular flexibility index (Phi) is 3.99. The first kappa shape index (κ1) is 12.2. The second-order valence-electron chi connectivity index (χ2n) is 3.75. The van der Waals surface area contributed by atoms with Gasteiger partial charge in [-0.15, -0.1) is 0 Å². The molecule has 16 heavy (non-hydrogen) atoms. The first-order valence-corrected chi connectivity index (χ1v) is 5.00. The molecule has 1 aromatic rings. The maximum Gasteiger partial charge on any atom is 0.251 e. The van der Waals surface area contributed by atoms with Crippen molar-refractivity contribution >= 4 is 11.7 Å². The zero-order valence-corrected chi connectivity index (χ0v) is 9.24. The highest BCUT2D eigenvalue weighted by atomic mass is 16.2. The average Bonchev–Trinajstić information content (AvgIpc) is 2.25. The van der Waals surface area contributed by atoms with Crippen molar-refractivity contribution in [2.24, 2.45) is 5.92 Å². The molecule has 5 nitrogen and oxygen atoms in total. The predicted molar refractivity (Wildman–Crippen MR) is 59.2 cm³/mol. The third-order valence-corrected chi connectivity index (χ3v) is 2.10. The summed E-state index contributed by atoms with van der Waals surface area (Å²) in [7, 11) is 0. The number of pyridine rings is 1. The van der Waals surface area contributed by atoms with Crippen LogP contribution in [0, 0.1) is 5.92 Å². The Balaban J connectivity index is 2.60. The number of rotatable bonds is 4. The quantitative estimate of drug-likeness (QED) is 0.770. The van der Waals surface area contributed by atoms with Crippen LogP contribution >= 0.6 is 0 Å². The Morgan fingerprint density at radius 2 is 2.12 bits per heavy atom. The molecule has 1 aromatic heterocycles. The number of nitrogens with one attached hydrogen (secondary N) is 2. The van der Waals surface area contributed by atoms with Gasteiger partial charge in [-0.05, 0) is 6.07 Å². The van der Waals surface area contributed by atoms with Crippen molar-refractivity contribution in [2.75, 3.05) is 6.54 Å². The topological polar surface area (TPSA) is 79.0 Å². The molecule has 0 aliphatic heterocycles. The summed E-state index contributed by atoms with van der Waals surface area (Å²) in [5.74, 6) is -0.572. The molecule has 0 bridgehead atoms. The lowest BCUT2D eigenvalue weighted by Crippen LogP contribution is -2.32. The number of H-pyrrole nitrogens is 1. The standard InChI is InChI=1S/C11H14N2O3/c1-7(2)9(14)6-13-11(16)8-3-4-12-10(15)5-8/h3-5,7H,6H2,1-2H3,(H,12,15)(H,13,16). The Hall–Kier alpha value is -1.91.